The molecule has 4 aromatic rings. The van der Waals surface area contributed by atoms with Crippen LogP contribution in [0.2, 0.25) is 5.02 Å². The molecule has 1 N–H and O–H groups in total. The topological polar surface area (TPSA) is 52.0 Å². The molecule has 1 aromatic heterocycles. The van der Waals surface area contributed by atoms with Gasteiger partial charge in [-0.25, -0.2) is 9.07 Å². The van der Waals surface area contributed by atoms with Crippen molar-refractivity contribution in [1.29, 1.82) is 0 Å². The smallest absolute Gasteiger partial charge is 0.226 e. The zero-order chi connectivity index (χ0) is 20.9. The highest BCUT2D eigenvalue weighted by atomic mass is 35.5. The fourth-order valence-electron chi connectivity index (χ4n) is 4.33. The molecule has 0 bridgehead atoms. The molecule has 0 radical (unpaired) electrons. The van der Waals surface area contributed by atoms with Crippen molar-refractivity contribution in [1.82, 2.24) is 14.8 Å². The van der Waals surface area contributed by atoms with Crippen molar-refractivity contribution in [3.8, 4) is 5.75 Å². The average molecular weight is 431 g/mol. The molecule has 31 heavy (non-hydrogen) atoms. The fourth-order valence-corrected chi connectivity index (χ4v) is 4.53. The van der Waals surface area contributed by atoms with Gasteiger partial charge in [-0.3, -0.25) is 0 Å². The Labute approximate surface area is 182 Å². The molecule has 0 spiro atoms. The first-order valence-electron chi connectivity index (χ1n) is 9.86. The van der Waals surface area contributed by atoms with Gasteiger partial charge in [-0.05, 0) is 47.5 Å². The van der Waals surface area contributed by atoms with E-state index in [0.717, 1.165) is 33.7 Å². The van der Waals surface area contributed by atoms with Crippen LogP contribution in [0.3, 0.4) is 0 Å². The van der Waals surface area contributed by atoms with Crippen LogP contribution in [0.25, 0.3) is 5.70 Å². The van der Waals surface area contributed by atoms with Gasteiger partial charge in [0, 0.05) is 16.2 Å². The van der Waals surface area contributed by atoms with Gasteiger partial charge in [0.05, 0.1) is 5.70 Å². The van der Waals surface area contributed by atoms with Crippen LogP contribution in [0.4, 0.5) is 10.3 Å². The quantitative estimate of drug-likeness (QED) is 0.447. The first-order chi connectivity index (χ1) is 15.2. The monoisotopic (exact) mass is 430 g/mol. The maximum absolute atomic E-state index is 13.7. The van der Waals surface area contributed by atoms with Gasteiger partial charge < -0.3 is 10.1 Å². The first kappa shape index (κ1) is 18.2. The van der Waals surface area contributed by atoms with Gasteiger partial charge in [-0.1, -0.05) is 48.0 Å². The summed E-state index contributed by atoms with van der Waals surface area (Å²) in [4.78, 5) is 4.40. The van der Waals surface area contributed by atoms with Crippen LogP contribution in [0.5, 0.6) is 5.75 Å². The largest absolute Gasteiger partial charge is 0.480 e. The summed E-state index contributed by atoms with van der Waals surface area (Å²) in [5.41, 5.74) is 4.63. The lowest BCUT2D eigenvalue weighted by atomic mass is 9.84. The number of benzene rings is 3. The number of nitrogens with zero attached hydrogens (tertiary/aromatic N) is 3. The Morgan fingerprint density at radius 2 is 1.81 bits per heavy atom. The lowest BCUT2D eigenvalue weighted by Gasteiger charge is -2.39. The Morgan fingerprint density at radius 3 is 2.65 bits per heavy atom. The third kappa shape index (κ3) is 2.91. The molecule has 2 aliphatic rings. The van der Waals surface area contributed by atoms with Crippen LogP contribution in [0.15, 0.2) is 84.7 Å². The summed E-state index contributed by atoms with van der Waals surface area (Å²) in [6.07, 6.45) is 1.10. The molecule has 0 aliphatic carbocycles. The second kappa shape index (κ2) is 6.96. The number of para-hydroxylation sites is 1. The lowest BCUT2D eigenvalue weighted by Crippen LogP contribution is -2.32. The van der Waals surface area contributed by atoms with E-state index >= 15 is 0 Å². The van der Waals surface area contributed by atoms with Crippen molar-refractivity contribution < 1.29 is 9.13 Å². The van der Waals surface area contributed by atoms with Gasteiger partial charge in [0.2, 0.25) is 5.95 Å². The Bertz CT molecular complexity index is 1330. The predicted octanol–water partition coefficient (Wildman–Crippen LogP) is 5.63. The molecule has 0 fully saturated rings. The normalized spacial score (nSPS) is 19.0. The maximum Gasteiger partial charge on any atom is 0.226 e. The van der Waals surface area contributed by atoms with E-state index in [0.29, 0.717) is 11.0 Å². The molecule has 2 atom stereocenters. The van der Waals surface area contributed by atoms with Crippen molar-refractivity contribution in [2.24, 2.45) is 0 Å². The zero-order valence-corrected chi connectivity index (χ0v) is 16.9. The second-order valence-corrected chi connectivity index (χ2v) is 7.92. The third-order valence-electron chi connectivity index (χ3n) is 5.66. The molecular formula is C24H16ClFN4O. The second-order valence-electron chi connectivity index (χ2n) is 7.49. The van der Waals surface area contributed by atoms with Crippen molar-refractivity contribution in [3.05, 3.63) is 112 Å². The van der Waals surface area contributed by atoms with Crippen molar-refractivity contribution in [2.45, 2.75) is 12.1 Å². The summed E-state index contributed by atoms with van der Waals surface area (Å²) < 4.78 is 22.0. The number of hydrogen-bond acceptors (Lipinski definition) is 4. The molecule has 5 nitrogen and oxygen atoms in total. The Morgan fingerprint density at radius 1 is 0.968 bits per heavy atom. The van der Waals surface area contributed by atoms with E-state index in [4.69, 9.17) is 16.3 Å². The SMILES string of the molecule is Fc1ccc([C@H]2C3=C(Nc4ncnn42)c2ccccc2O[C@@H]3c2cccc(Cl)c2)cc1. The average Bonchev–Trinajstić information content (AvgIpc) is 3.26. The number of anilines is 1. The van der Waals surface area contributed by atoms with Crippen molar-refractivity contribution >= 4 is 23.2 Å². The molecule has 3 heterocycles. The summed E-state index contributed by atoms with van der Waals surface area (Å²) in [6, 6.07) is 21.7. The van der Waals surface area contributed by atoms with E-state index in [1.54, 1.807) is 16.8 Å². The highest BCUT2D eigenvalue weighted by Gasteiger charge is 2.40. The third-order valence-corrected chi connectivity index (χ3v) is 5.89. The summed E-state index contributed by atoms with van der Waals surface area (Å²) >= 11 is 6.32. The van der Waals surface area contributed by atoms with Crippen molar-refractivity contribution in [2.75, 3.05) is 5.32 Å². The van der Waals surface area contributed by atoms with Crippen LogP contribution >= 0.6 is 11.6 Å². The molecule has 152 valence electrons. The molecular weight excluding hydrogens is 415 g/mol. The molecule has 0 saturated heterocycles. The minimum absolute atomic E-state index is 0.290. The van der Waals surface area contributed by atoms with Crippen LogP contribution < -0.4 is 10.1 Å². The molecule has 0 amide bonds. The summed E-state index contributed by atoms with van der Waals surface area (Å²) in [7, 11) is 0. The predicted molar refractivity (Wildman–Crippen MR) is 116 cm³/mol. The number of rotatable bonds is 2. The molecule has 3 aromatic carbocycles. The number of nitrogens with one attached hydrogen (secondary N) is 1. The highest BCUT2D eigenvalue weighted by molar-refractivity contribution is 6.30. The number of hydrogen-bond donors (Lipinski definition) is 1. The van der Waals surface area contributed by atoms with Gasteiger partial charge in [0.1, 0.15) is 30.0 Å². The fraction of sp³-hybridized carbons (Fsp3) is 0.0833. The van der Waals surface area contributed by atoms with E-state index in [9.17, 15) is 4.39 Å². The standard InChI is InChI=1S/C24H16ClFN4O/c25-16-5-3-4-15(12-16)23-20-21(18-6-1-2-7-19(18)31-23)29-24-27-13-28-30(24)22(20)14-8-10-17(26)11-9-14/h1-13,22-23H,(H,27,28,29)/t22-,23+/m0/s1. The Hall–Kier alpha value is -3.64. The number of halogens is 2. The number of fused-ring (bicyclic) bond motifs is 3. The van der Waals surface area contributed by atoms with E-state index in [1.807, 2.05) is 48.5 Å². The number of aromatic nitrogens is 3. The lowest BCUT2D eigenvalue weighted by molar-refractivity contribution is 0.223. The first-order valence-corrected chi connectivity index (χ1v) is 10.2. The van der Waals surface area contributed by atoms with Gasteiger partial charge in [-0.2, -0.15) is 10.1 Å². The maximum atomic E-state index is 13.7. The van der Waals surface area contributed by atoms with Gasteiger partial charge >= 0.3 is 0 Å². The van der Waals surface area contributed by atoms with Crippen molar-refractivity contribution in [3.63, 3.8) is 0 Å². The zero-order valence-electron chi connectivity index (χ0n) is 16.2. The molecule has 6 rings (SSSR count). The summed E-state index contributed by atoms with van der Waals surface area (Å²) in [5, 5.41) is 8.54. The van der Waals surface area contributed by atoms with E-state index < -0.39 is 6.10 Å². The molecule has 2 aliphatic heterocycles. The van der Waals surface area contributed by atoms with Crippen LogP contribution in [-0.4, -0.2) is 14.8 Å². The summed E-state index contributed by atoms with van der Waals surface area (Å²) in [6.45, 7) is 0. The van der Waals surface area contributed by atoms with E-state index in [2.05, 4.69) is 15.4 Å². The Kier molecular flexibility index (Phi) is 4.07. The van der Waals surface area contributed by atoms with E-state index in [-0.39, 0.29) is 11.9 Å². The van der Waals surface area contributed by atoms with Crippen LogP contribution in [0, 0.1) is 5.82 Å². The van der Waals surface area contributed by atoms with Crippen LogP contribution in [-0.2, 0) is 0 Å². The Balaban J connectivity index is 1.63. The van der Waals surface area contributed by atoms with Crippen LogP contribution in [0.1, 0.15) is 28.8 Å². The highest BCUT2D eigenvalue weighted by Crippen LogP contribution is 2.50. The molecule has 7 heteroatoms. The van der Waals surface area contributed by atoms with Gasteiger partial charge in [0.15, 0.2) is 0 Å². The minimum Gasteiger partial charge on any atom is -0.480 e. The number of ether oxygens (including phenoxy) is 1. The summed E-state index contributed by atoms with van der Waals surface area (Å²) in [5.74, 6) is 1.10. The molecule has 0 saturated carbocycles. The molecule has 0 unspecified atom stereocenters. The van der Waals surface area contributed by atoms with E-state index in [1.165, 1.54) is 18.5 Å². The minimum atomic E-state index is -0.413. The van der Waals surface area contributed by atoms with Gasteiger partial charge in [-0.15, -0.1) is 0 Å². The van der Waals surface area contributed by atoms with Gasteiger partial charge in [0.25, 0.3) is 0 Å².